The molecule has 1 N–H and O–H groups in total. The molecular weight excluding hydrogens is 280 g/mol. The molecule has 1 amide bonds. The summed E-state index contributed by atoms with van der Waals surface area (Å²) in [5.41, 5.74) is 1.34. The second-order valence-corrected chi connectivity index (χ2v) is 4.65. The van der Waals surface area contributed by atoms with Gasteiger partial charge < -0.3 is 14.8 Å². The number of ether oxygens (including phenoxy) is 2. The summed E-state index contributed by atoms with van der Waals surface area (Å²) < 4.78 is 11.0. The minimum atomic E-state index is -0.234. The first-order chi connectivity index (χ1) is 10.6. The molecule has 0 saturated carbocycles. The number of aryl methyl sites for hydroxylation is 1. The number of hydrogen-bond acceptors (Lipinski definition) is 4. The molecule has 116 valence electrons. The predicted molar refractivity (Wildman–Crippen MR) is 85.7 cm³/mol. The van der Waals surface area contributed by atoms with E-state index in [2.05, 4.69) is 10.3 Å². The minimum Gasteiger partial charge on any atom is -0.490 e. The van der Waals surface area contributed by atoms with Crippen molar-refractivity contribution in [3.05, 3.63) is 47.7 Å². The van der Waals surface area contributed by atoms with Crippen LogP contribution in [0.2, 0.25) is 0 Å². The van der Waals surface area contributed by atoms with E-state index in [1.165, 1.54) is 0 Å². The Balaban J connectivity index is 2.20. The van der Waals surface area contributed by atoms with E-state index >= 15 is 0 Å². The Morgan fingerprint density at radius 3 is 2.50 bits per heavy atom. The van der Waals surface area contributed by atoms with E-state index in [1.807, 2.05) is 32.9 Å². The standard InChI is InChI=1S/C17H20N2O3/c1-4-21-14-10-9-13(11-15(14)22-5-2)17(20)19-16-8-6-7-12(3)18-16/h6-11H,4-5H2,1-3H3,(H,18,19,20). The van der Waals surface area contributed by atoms with Gasteiger partial charge in [0, 0.05) is 11.3 Å². The zero-order valence-corrected chi connectivity index (χ0v) is 13.1. The molecule has 2 aromatic rings. The third-order valence-electron chi connectivity index (χ3n) is 2.94. The van der Waals surface area contributed by atoms with Gasteiger partial charge in [0.15, 0.2) is 11.5 Å². The number of carbonyl (C=O) groups excluding carboxylic acids is 1. The second kappa shape index (κ2) is 7.45. The van der Waals surface area contributed by atoms with Crippen LogP contribution >= 0.6 is 0 Å². The number of anilines is 1. The largest absolute Gasteiger partial charge is 0.490 e. The molecule has 1 aromatic carbocycles. The summed E-state index contributed by atoms with van der Waals surface area (Å²) in [6.07, 6.45) is 0. The highest BCUT2D eigenvalue weighted by atomic mass is 16.5. The quantitative estimate of drug-likeness (QED) is 0.887. The summed E-state index contributed by atoms with van der Waals surface area (Å²) in [6, 6.07) is 10.6. The van der Waals surface area contributed by atoms with Gasteiger partial charge in [-0.05, 0) is 51.1 Å². The highest BCUT2D eigenvalue weighted by Gasteiger charge is 2.12. The maximum absolute atomic E-state index is 12.3. The highest BCUT2D eigenvalue weighted by Crippen LogP contribution is 2.28. The number of aromatic nitrogens is 1. The van der Waals surface area contributed by atoms with Crippen LogP contribution in [-0.2, 0) is 0 Å². The molecule has 0 radical (unpaired) electrons. The zero-order chi connectivity index (χ0) is 15.9. The Labute approximate surface area is 130 Å². The summed E-state index contributed by atoms with van der Waals surface area (Å²) in [4.78, 5) is 16.6. The molecule has 0 saturated heterocycles. The van der Waals surface area contributed by atoms with Crippen molar-refractivity contribution in [3.63, 3.8) is 0 Å². The van der Waals surface area contributed by atoms with Crippen molar-refractivity contribution in [3.8, 4) is 11.5 Å². The zero-order valence-electron chi connectivity index (χ0n) is 13.1. The molecule has 5 heteroatoms. The monoisotopic (exact) mass is 300 g/mol. The van der Waals surface area contributed by atoms with Gasteiger partial charge in [0.1, 0.15) is 5.82 Å². The first kappa shape index (κ1) is 15.8. The lowest BCUT2D eigenvalue weighted by Gasteiger charge is -2.12. The van der Waals surface area contributed by atoms with Crippen LogP contribution in [0.1, 0.15) is 29.9 Å². The molecule has 22 heavy (non-hydrogen) atoms. The molecular formula is C17H20N2O3. The lowest BCUT2D eigenvalue weighted by atomic mass is 10.2. The van der Waals surface area contributed by atoms with Gasteiger partial charge in [0.05, 0.1) is 13.2 Å². The normalized spacial score (nSPS) is 10.1. The Kier molecular flexibility index (Phi) is 5.36. The van der Waals surface area contributed by atoms with Crippen molar-refractivity contribution in [2.45, 2.75) is 20.8 Å². The molecule has 0 atom stereocenters. The number of benzene rings is 1. The van der Waals surface area contributed by atoms with Gasteiger partial charge in [-0.3, -0.25) is 4.79 Å². The number of rotatable bonds is 6. The van der Waals surface area contributed by atoms with Crippen molar-refractivity contribution in [1.82, 2.24) is 4.98 Å². The molecule has 2 rings (SSSR count). The number of nitrogens with one attached hydrogen (secondary N) is 1. The number of pyridine rings is 1. The molecule has 0 aliphatic heterocycles. The van der Waals surface area contributed by atoms with Gasteiger partial charge in [-0.25, -0.2) is 4.98 Å². The van der Waals surface area contributed by atoms with E-state index in [1.54, 1.807) is 24.3 Å². The Morgan fingerprint density at radius 2 is 1.82 bits per heavy atom. The molecule has 0 bridgehead atoms. The summed E-state index contributed by atoms with van der Waals surface area (Å²) >= 11 is 0. The van der Waals surface area contributed by atoms with Crippen molar-refractivity contribution in [2.24, 2.45) is 0 Å². The van der Waals surface area contributed by atoms with Crippen LogP contribution in [0.15, 0.2) is 36.4 Å². The van der Waals surface area contributed by atoms with E-state index in [9.17, 15) is 4.79 Å². The van der Waals surface area contributed by atoms with Gasteiger partial charge in [0.25, 0.3) is 5.91 Å². The second-order valence-electron chi connectivity index (χ2n) is 4.65. The first-order valence-electron chi connectivity index (χ1n) is 7.28. The van der Waals surface area contributed by atoms with Gasteiger partial charge in [0.2, 0.25) is 0 Å². The molecule has 0 aliphatic carbocycles. The third kappa shape index (κ3) is 3.97. The van der Waals surface area contributed by atoms with Crippen LogP contribution in [-0.4, -0.2) is 24.1 Å². The van der Waals surface area contributed by atoms with Crippen molar-refractivity contribution in [2.75, 3.05) is 18.5 Å². The van der Waals surface area contributed by atoms with E-state index in [0.717, 1.165) is 5.69 Å². The molecule has 1 heterocycles. The Morgan fingerprint density at radius 1 is 1.09 bits per heavy atom. The van der Waals surface area contributed by atoms with Crippen molar-refractivity contribution < 1.29 is 14.3 Å². The minimum absolute atomic E-state index is 0.234. The topological polar surface area (TPSA) is 60.5 Å². The van der Waals surface area contributed by atoms with Crippen LogP contribution in [0.3, 0.4) is 0 Å². The fraction of sp³-hybridized carbons (Fsp3) is 0.294. The van der Waals surface area contributed by atoms with Crippen LogP contribution in [0, 0.1) is 6.92 Å². The van der Waals surface area contributed by atoms with E-state index < -0.39 is 0 Å². The summed E-state index contributed by atoms with van der Waals surface area (Å²) in [7, 11) is 0. The lowest BCUT2D eigenvalue weighted by molar-refractivity contribution is 0.102. The highest BCUT2D eigenvalue weighted by molar-refractivity contribution is 6.04. The summed E-state index contributed by atoms with van der Waals surface area (Å²) in [5.74, 6) is 1.49. The average Bonchev–Trinajstić information content (AvgIpc) is 2.49. The van der Waals surface area contributed by atoms with Gasteiger partial charge in [-0.1, -0.05) is 6.07 Å². The lowest BCUT2D eigenvalue weighted by Crippen LogP contribution is -2.13. The van der Waals surface area contributed by atoms with Crippen LogP contribution < -0.4 is 14.8 Å². The van der Waals surface area contributed by atoms with Crippen LogP contribution in [0.25, 0.3) is 0 Å². The average molecular weight is 300 g/mol. The Hall–Kier alpha value is -2.56. The first-order valence-corrected chi connectivity index (χ1v) is 7.28. The maximum Gasteiger partial charge on any atom is 0.256 e. The molecule has 0 aliphatic rings. The fourth-order valence-electron chi connectivity index (χ4n) is 1.99. The van der Waals surface area contributed by atoms with Crippen molar-refractivity contribution >= 4 is 11.7 Å². The van der Waals surface area contributed by atoms with Crippen LogP contribution in [0.4, 0.5) is 5.82 Å². The molecule has 0 fully saturated rings. The van der Waals surface area contributed by atoms with Gasteiger partial charge >= 0.3 is 0 Å². The SMILES string of the molecule is CCOc1ccc(C(=O)Nc2cccc(C)n2)cc1OCC. The Bertz CT molecular complexity index is 656. The predicted octanol–water partition coefficient (Wildman–Crippen LogP) is 3.44. The number of amides is 1. The van der Waals surface area contributed by atoms with E-state index in [4.69, 9.17) is 9.47 Å². The summed E-state index contributed by atoms with van der Waals surface area (Å²) in [6.45, 7) is 6.71. The molecule has 0 unspecified atom stereocenters. The third-order valence-corrected chi connectivity index (χ3v) is 2.94. The number of hydrogen-bond donors (Lipinski definition) is 1. The molecule has 5 nitrogen and oxygen atoms in total. The van der Waals surface area contributed by atoms with E-state index in [0.29, 0.717) is 36.1 Å². The summed E-state index contributed by atoms with van der Waals surface area (Å²) in [5, 5.41) is 2.77. The van der Waals surface area contributed by atoms with Gasteiger partial charge in [-0.2, -0.15) is 0 Å². The molecule has 0 spiro atoms. The van der Waals surface area contributed by atoms with Crippen molar-refractivity contribution in [1.29, 1.82) is 0 Å². The van der Waals surface area contributed by atoms with Crippen LogP contribution in [0.5, 0.6) is 11.5 Å². The number of carbonyl (C=O) groups is 1. The fourth-order valence-corrected chi connectivity index (χ4v) is 1.99. The number of nitrogens with zero attached hydrogens (tertiary/aromatic N) is 1. The van der Waals surface area contributed by atoms with Gasteiger partial charge in [-0.15, -0.1) is 0 Å². The maximum atomic E-state index is 12.3. The molecule has 1 aromatic heterocycles. The smallest absolute Gasteiger partial charge is 0.256 e. The van der Waals surface area contributed by atoms with E-state index in [-0.39, 0.29) is 5.91 Å².